The van der Waals surface area contributed by atoms with Gasteiger partial charge in [0.2, 0.25) is 0 Å². The van der Waals surface area contributed by atoms with E-state index in [-0.39, 0.29) is 17.0 Å². The molecule has 5 nitrogen and oxygen atoms in total. The van der Waals surface area contributed by atoms with Gasteiger partial charge in [-0.3, -0.25) is 0 Å². The van der Waals surface area contributed by atoms with Crippen molar-refractivity contribution in [3.8, 4) is 0 Å². The number of unbranched alkanes of at least 4 members (excludes halogenated alkanes) is 1. The molecule has 0 bridgehead atoms. The smallest absolute Gasteiger partial charge is 0.335 e. The lowest BCUT2D eigenvalue weighted by Crippen LogP contribution is -2.48. The van der Waals surface area contributed by atoms with Gasteiger partial charge in [0.25, 0.3) is 0 Å². The number of esters is 1. The Morgan fingerprint density at radius 2 is 2.04 bits per heavy atom. The third-order valence-electron chi connectivity index (χ3n) is 5.05. The van der Waals surface area contributed by atoms with E-state index in [1.54, 1.807) is 6.92 Å². The van der Waals surface area contributed by atoms with Gasteiger partial charge >= 0.3 is 5.97 Å². The van der Waals surface area contributed by atoms with Gasteiger partial charge in [-0.15, -0.1) is 4.31 Å². The zero-order valence-corrected chi connectivity index (χ0v) is 18.7. The van der Waals surface area contributed by atoms with Crippen molar-refractivity contribution < 1.29 is 18.5 Å². The second kappa shape index (κ2) is 9.55. The fourth-order valence-corrected chi connectivity index (χ4v) is 4.80. The fraction of sp³-hybridized carbons (Fsp3) is 0.833. The Labute approximate surface area is 157 Å². The number of hydrogen-bond acceptors (Lipinski definition) is 5. The summed E-state index contributed by atoms with van der Waals surface area (Å²) in [5, 5.41) is 0.0889. The van der Waals surface area contributed by atoms with Gasteiger partial charge < -0.3 is 13.7 Å². The van der Waals surface area contributed by atoms with Crippen molar-refractivity contribution in [2.45, 2.75) is 71.6 Å². The molecule has 0 N–H and O–H groups in total. The Balaban J connectivity index is 2.89. The Morgan fingerprint density at radius 1 is 1.40 bits per heavy atom. The number of nitrogens with zero attached hydrogens (tertiary/aromatic N) is 1. The van der Waals surface area contributed by atoms with Gasteiger partial charge in [-0.05, 0) is 31.5 Å². The van der Waals surface area contributed by atoms with Crippen molar-refractivity contribution in [2.75, 3.05) is 25.5 Å². The van der Waals surface area contributed by atoms with Crippen LogP contribution >= 0.6 is 0 Å². The highest BCUT2D eigenvalue weighted by Crippen LogP contribution is 2.37. The maximum absolute atomic E-state index is 12.7. The van der Waals surface area contributed by atoms with Crippen LogP contribution in [0.4, 0.5) is 0 Å². The summed E-state index contributed by atoms with van der Waals surface area (Å²) in [4.78, 5) is 12.3. The van der Waals surface area contributed by atoms with Crippen LogP contribution in [0.1, 0.15) is 47.5 Å². The minimum absolute atomic E-state index is 0.0889. The second-order valence-corrected chi connectivity index (χ2v) is 14.3. The molecular formula is C18H35NO4SSi. The monoisotopic (exact) mass is 389 g/mol. The molecule has 1 aliphatic rings. The Morgan fingerprint density at radius 3 is 2.56 bits per heavy atom. The first-order chi connectivity index (χ1) is 11.5. The summed E-state index contributed by atoms with van der Waals surface area (Å²) >= 11 is -1.11. The van der Waals surface area contributed by atoms with Crippen LogP contribution in [0.3, 0.4) is 0 Å². The minimum Gasteiger partial charge on any atom is -0.598 e. The van der Waals surface area contributed by atoms with Gasteiger partial charge in [0.15, 0.2) is 8.32 Å². The molecule has 25 heavy (non-hydrogen) atoms. The molecule has 0 radical (unpaired) electrons. The maximum Gasteiger partial charge on any atom is 0.335 e. The Bertz CT molecular complexity index is 476. The third-order valence-corrected chi connectivity index (χ3v) is 11.1. The molecule has 2 atom stereocenters. The molecule has 0 fully saturated rings. The van der Waals surface area contributed by atoms with Gasteiger partial charge in [-0.1, -0.05) is 40.2 Å². The molecule has 1 heterocycles. The Hall–Kier alpha value is -0.343. The van der Waals surface area contributed by atoms with Crippen molar-refractivity contribution in [3.63, 3.8) is 0 Å². The molecule has 7 heteroatoms. The summed E-state index contributed by atoms with van der Waals surface area (Å²) in [7, 11) is -1.95. The van der Waals surface area contributed by atoms with E-state index in [1.165, 1.54) is 0 Å². The quantitative estimate of drug-likeness (QED) is 0.342. The van der Waals surface area contributed by atoms with Gasteiger partial charge in [-0.2, -0.15) is 0 Å². The van der Waals surface area contributed by atoms with Crippen molar-refractivity contribution in [1.82, 2.24) is 4.31 Å². The van der Waals surface area contributed by atoms with Crippen LogP contribution in [0.2, 0.25) is 18.1 Å². The lowest BCUT2D eigenvalue weighted by Gasteiger charge is -2.38. The zero-order chi connectivity index (χ0) is 19.3. The first-order valence-corrected chi connectivity index (χ1v) is 13.4. The number of hydrogen-bond donors (Lipinski definition) is 0. The van der Waals surface area contributed by atoms with Gasteiger partial charge in [0.1, 0.15) is 11.8 Å². The third kappa shape index (κ3) is 6.10. The van der Waals surface area contributed by atoms with Crippen molar-refractivity contribution in [3.05, 3.63) is 11.6 Å². The van der Waals surface area contributed by atoms with Crippen molar-refractivity contribution in [1.29, 1.82) is 0 Å². The number of carbonyl (C=O) groups is 1. The highest BCUT2D eigenvalue weighted by Gasteiger charge is 2.43. The largest absolute Gasteiger partial charge is 0.598 e. The molecule has 146 valence electrons. The van der Waals surface area contributed by atoms with Crippen LogP contribution in [0.5, 0.6) is 0 Å². The van der Waals surface area contributed by atoms with E-state index in [2.05, 4.69) is 40.8 Å². The standard InChI is InChI=1S/C18H35NO4SSi/c1-8-10-13-24(21)19-12-11-15(17(20)22-9-2)16(19)14-23-25(6,7)18(3,4)5/h11,16H,8-10,12-14H2,1-7H3/t16-,24-/m0/s1. The van der Waals surface area contributed by atoms with Crippen LogP contribution in [-0.2, 0) is 25.3 Å². The molecule has 0 aliphatic carbocycles. The van der Waals surface area contributed by atoms with Crippen LogP contribution in [0, 0.1) is 0 Å². The maximum atomic E-state index is 12.7. The normalized spacial score (nSPS) is 20.5. The molecule has 0 saturated carbocycles. The van der Waals surface area contributed by atoms with Crippen LogP contribution in [-0.4, -0.2) is 54.7 Å². The molecule has 1 rings (SSSR count). The molecule has 1 aliphatic heterocycles. The highest BCUT2D eigenvalue weighted by atomic mass is 32.2. The van der Waals surface area contributed by atoms with Crippen LogP contribution in [0.15, 0.2) is 11.6 Å². The summed E-state index contributed by atoms with van der Waals surface area (Å²) in [6.07, 6.45) is 3.76. The molecular weight excluding hydrogens is 354 g/mol. The second-order valence-electron chi connectivity index (χ2n) is 7.95. The fourth-order valence-electron chi connectivity index (χ4n) is 2.33. The van der Waals surface area contributed by atoms with Crippen molar-refractivity contribution >= 4 is 25.6 Å². The number of ether oxygens (including phenoxy) is 1. The lowest BCUT2D eigenvalue weighted by molar-refractivity contribution is -0.139. The van der Waals surface area contributed by atoms with E-state index < -0.39 is 19.7 Å². The van der Waals surface area contributed by atoms with E-state index in [1.807, 2.05) is 10.4 Å². The highest BCUT2D eigenvalue weighted by molar-refractivity contribution is 7.89. The zero-order valence-electron chi connectivity index (χ0n) is 16.9. The summed E-state index contributed by atoms with van der Waals surface area (Å²) in [5.41, 5.74) is 0.588. The van der Waals surface area contributed by atoms with E-state index >= 15 is 0 Å². The van der Waals surface area contributed by atoms with Gasteiger partial charge in [0, 0.05) is 11.4 Å². The summed E-state index contributed by atoms with van der Waals surface area (Å²) < 4.78 is 26.1. The SMILES string of the molecule is CCCC[S@+]([O-])N1CC=C(C(=O)OCC)[C@@H]1CO[Si](C)(C)C(C)(C)C. The average molecular weight is 390 g/mol. The predicted molar refractivity (Wildman–Crippen MR) is 106 cm³/mol. The van der Waals surface area contributed by atoms with Gasteiger partial charge in [0.05, 0.1) is 25.3 Å². The number of rotatable bonds is 9. The molecule has 0 aromatic carbocycles. The summed E-state index contributed by atoms with van der Waals surface area (Å²) in [6.45, 7) is 16.1. The minimum atomic E-state index is -1.95. The topological polar surface area (TPSA) is 61.8 Å². The van der Waals surface area contributed by atoms with Crippen LogP contribution < -0.4 is 0 Å². The first kappa shape index (κ1) is 22.7. The average Bonchev–Trinajstić information content (AvgIpc) is 2.93. The van der Waals surface area contributed by atoms with E-state index in [9.17, 15) is 9.35 Å². The molecule has 0 saturated heterocycles. The summed E-state index contributed by atoms with van der Waals surface area (Å²) in [6, 6.07) is -0.286. The molecule has 0 aromatic rings. The van der Waals surface area contributed by atoms with Crippen LogP contribution in [0.25, 0.3) is 0 Å². The molecule has 0 aromatic heterocycles. The van der Waals surface area contributed by atoms with Gasteiger partial charge in [-0.25, -0.2) is 4.79 Å². The van der Waals surface area contributed by atoms with E-state index in [4.69, 9.17) is 9.16 Å². The number of carbonyl (C=O) groups excluding carboxylic acids is 1. The molecule has 0 amide bonds. The molecule has 0 unspecified atom stereocenters. The summed E-state index contributed by atoms with van der Waals surface area (Å²) in [5.74, 6) is 0.304. The van der Waals surface area contributed by atoms with Crippen molar-refractivity contribution in [2.24, 2.45) is 0 Å². The van der Waals surface area contributed by atoms with E-state index in [0.717, 1.165) is 12.8 Å². The Kier molecular flexibility index (Phi) is 8.67. The van der Waals surface area contributed by atoms with E-state index in [0.29, 0.717) is 31.1 Å². The first-order valence-electron chi connectivity index (χ1n) is 9.21. The lowest BCUT2D eigenvalue weighted by atomic mass is 10.1. The molecule has 0 spiro atoms. The predicted octanol–water partition coefficient (Wildman–Crippen LogP) is 3.65.